The Balaban J connectivity index is 1.44. The Morgan fingerprint density at radius 2 is 1.83 bits per heavy atom. The molecule has 0 saturated heterocycles. The summed E-state index contributed by atoms with van der Waals surface area (Å²) in [6.07, 6.45) is 3.10. The summed E-state index contributed by atoms with van der Waals surface area (Å²) in [6.45, 7) is 2.14. The summed E-state index contributed by atoms with van der Waals surface area (Å²) in [5.74, 6) is -0.217. The van der Waals surface area contributed by atoms with Crippen LogP contribution in [-0.2, 0) is 0 Å². The zero-order chi connectivity index (χ0) is 24.4. The van der Waals surface area contributed by atoms with Crippen LogP contribution in [0.15, 0.2) is 84.2 Å². The van der Waals surface area contributed by atoms with Gasteiger partial charge in [-0.05, 0) is 42.8 Å². The van der Waals surface area contributed by atoms with Crippen molar-refractivity contribution in [1.29, 1.82) is 0 Å². The SMILES string of the molecule is Cc1ccc2nc(C(CNC(=O)c3ccc(-n4cnnc4)cc3Cl)c3ccccc3)[nH]c(=O)c2c1. The number of H-pyrrole nitrogens is 1. The zero-order valence-electron chi connectivity index (χ0n) is 18.8. The van der Waals surface area contributed by atoms with Crippen molar-refractivity contribution in [2.24, 2.45) is 0 Å². The summed E-state index contributed by atoms with van der Waals surface area (Å²) in [5.41, 5.74) is 3.37. The summed E-state index contributed by atoms with van der Waals surface area (Å²) < 4.78 is 1.70. The Labute approximate surface area is 205 Å². The van der Waals surface area contributed by atoms with Crippen molar-refractivity contribution in [1.82, 2.24) is 30.0 Å². The zero-order valence-corrected chi connectivity index (χ0v) is 19.5. The number of carbonyl (C=O) groups is 1. The largest absolute Gasteiger partial charge is 0.351 e. The maximum absolute atomic E-state index is 13.0. The van der Waals surface area contributed by atoms with Gasteiger partial charge in [0.05, 0.1) is 27.4 Å². The van der Waals surface area contributed by atoms with E-state index in [1.54, 1.807) is 35.4 Å². The van der Waals surface area contributed by atoms with E-state index in [1.807, 2.05) is 55.5 Å². The Hall–Kier alpha value is -4.30. The Morgan fingerprint density at radius 1 is 1.06 bits per heavy atom. The second kappa shape index (κ2) is 9.52. The van der Waals surface area contributed by atoms with Crippen molar-refractivity contribution < 1.29 is 4.79 Å². The van der Waals surface area contributed by atoms with Gasteiger partial charge in [-0.1, -0.05) is 53.6 Å². The number of nitrogens with one attached hydrogen (secondary N) is 2. The smallest absolute Gasteiger partial charge is 0.258 e. The number of benzene rings is 3. The van der Waals surface area contributed by atoms with Crippen molar-refractivity contribution in [2.45, 2.75) is 12.8 Å². The number of hydrogen-bond acceptors (Lipinski definition) is 5. The van der Waals surface area contributed by atoms with Gasteiger partial charge in [-0.15, -0.1) is 10.2 Å². The van der Waals surface area contributed by atoms with Crippen LogP contribution in [0.1, 0.15) is 33.2 Å². The summed E-state index contributed by atoms with van der Waals surface area (Å²) >= 11 is 6.41. The molecule has 3 aromatic carbocycles. The van der Waals surface area contributed by atoms with Crippen LogP contribution in [0, 0.1) is 6.92 Å². The van der Waals surface area contributed by atoms with Crippen molar-refractivity contribution >= 4 is 28.4 Å². The first kappa shape index (κ1) is 22.5. The predicted molar refractivity (Wildman–Crippen MR) is 134 cm³/mol. The van der Waals surface area contributed by atoms with Crippen LogP contribution >= 0.6 is 11.6 Å². The maximum atomic E-state index is 13.0. The Bertz CT molecular complexity index is 1560. The lowest BCUT2D eigenvalue weighted by atomic mass is 9.97. The predicted octanol–water partition coefficient (Wildman–Crippen LogP) is 4.03. The van der Waals surface area contributed by atoms with E-state index in [0.29, 0.717) is 27.3 Å². The number of aromatic nitrogens is 5. The lowest BCUT2D eigenvalue weighted by Crippen LogP contribution is -2.30. The van der Waals surface area contributed by atoms with E-state index in [0.717, 1.165) is 16.8 Å². The van der Waals surface area contributed by atoms with Gasteiger partial charge in [0.25, 0.3) is 11.5 Å². The molecule has 1 atom stereocenters. The van der Waals surface area contributed by atoms with Crippen LogP contribution in [0.5, 0.6) is 0 Å². The average Bonchev–Trinajstić information content (AvgIpc) is 3.40. The van der Waals surface area contributed by atoms with E-state index >= 15 is 0 Å². The number of halogens is 1. The molecule has 1 unspecified atom stereocenters. The van der Waals surface area contributed by atoms with E-state index in [9.17, 15) is 9.59 Å². The molecule has 0 aliphatic heterocycles. The fraction of sp³-hybridized carbons (Fsp3) is 0.115. The molecule has 0 spiro atoms. The van der Waals surface area contributed by atoms with Crippen molar-refractivity contribution in [2.75, 3.05) is 6.54 Å². The van der Waals surface area contributed by atoms with Crippen molar-refractivity contribution in [3.63, 3.8) is 0 Å². The van der Waals surface area contributed by atoms with Gasteiger partial charge in [-0.3, -0.25) is 14.2 Å². The normalized spacial score (nSPS) is 11.9. The lowest BCUT2D eigenvalue weighted by molar-refractivity contribution is 0.0952. The number of aryl methyl sites for hydroxylation is 1. The van der Waals surface area contributed by atoms with E-state index in [-0.39, 0.29) is 23.9 Å². The number of carbonyl (C=O) groups excluding carboxylic acids is 1. The molecule has 2 aromatic heterocycles. The Kier molecular flexibility index (Phi) is 6.12. The molecular formula is C26H21ClN6O2. The highest BCUT2D eigenvalue weighted by molar-refractivity contribution is 6.34. The van der Waals surface area contributed by atoms with Crippen LogP contribution in [0.2, 0.25) is 5.02 Å². The molecule has 5 aromatic rings. The van der Waals surface area contributed by atoms with E-state index in [1.165, 1.54) is 0 Å². The van der Waals surface area contributed by atoms with Gasteiger partial charge in [-0.25, -0.2) is 4.98 Å². The van der Waals surface area contributed by atoms with Crippen molar-refractivity contribution in [3.8, 4) is 5.69 Å². The first-order valence-corrected chi connectivity index (χ1v) is 11.4. The molecule has 0 aliphatic rings. The fourth-order valence-electron chi connectivity index (χ4n) is 3.97. The molecule has 174 valence electrons. The minimum atomic E-state index is -0.367. The summed E-state index contributed by atoms with van der Waals surface area (Å²) in [7, 11) is 0. The molecule has 5 rings (SSSR count). The minimum Gasteiger partial charge on any atom is -0.351 e. The first-order valence-electron chi connectivity index (χ1n) is 11.0. The number of nitrogens with zero attached hydrogens (tertiary/aromatic N) is 4. The standard InChI is InChI=1S/C26H21ClN6O2/c1-16-7-10-23-20(11-16)26(35)32-24(31-23)21(17-5-3-2-4-6-17)13-28-25(34)19-9-8-18(12-22(19)27)33-14-29-30-15-33/h2-12,14-15,21H,13H2,1H3,(H,28,34)(H,31,32,35). The third-order valence-corrected chi connectivity index (χ3v) is 6.10. The molecule has 0 saturated carbocycles. The van der Waals surface area contributed by atoms with Gasteiger partial charge in [0.15, 0.2) is 0 Å². The summed E-state index contributed by atoms with van der Waals surface area (Å²) in [5, 5.41) is 11.3. The first-order chi connectivity index (χ1) is 17.0. The van der Waals surface area contributed by atoms with E-state index in [2.05, 4.69) is 20.5 Å². The number of fused-ring (bicyclic) bond motifs is 1. The number of rotatable bonds is 6. The van der Waals surface area contributed by atoms with Gasteiger partial charge < -0.3 is 10.3 Å². The molecular weight excluding hydrogens is 464 g/mol. The van der Waals surface area contributed by atoms with Gasteiger partial charge >= 0.3 is 0 Å². The average molecular weight is 485 g/mol. The number of amides is 1. The molecule has 8 nitrogen and oxygen atoms in total. The molecule has 2 N–H and O–H groups in total. The second-order valence-corrected chi connectivity index (χ2v) is 8.59. The van der Waals surface area contributed by atoms with E-state index in [4.69, 9.17) is 16.6 Å². The van der Waals surface area contributed by atoms with E-state index < -0.39 is 0 Å². The van der Waals surface area contributed by atoms with Gasteiger partial charge in [0.2, 0.25) is 0 Å². The van der Waals surface area contributed by atoms with Crippen LogP contribution in [0.25, 0.3) is 16.6 Å². The topological polar surface area (TPSA) is 106 Å². The Morgan fingerprint density at radius 3 is 2.57 bits per heavy atom. The quantitative estimate of drug-likeness (QED) is 0.378. The van der Waals surface area contributed by atoms with Gasteiger partial charge in [0, 0.05) is 12.2 Å². The molecule has 0 bridgehead atoms. The highest BCUT2D eigenvalue weighted by Gasteiger charge is 2.20. The fourth-order valence-corrected chi connectivity index (χ4v) is 4.23. The molecule has 0 aliphatic carbocycles. The van der Waals surface area contributed by atoms with Gasteiger partial charge in [-0.2, -0.15) is 0 Å². The van der Waals surface area contributed by atoms with Crippen LogP contribution in [-0.4, -0.2) is 37.2 Å². The number of hydrogen-bond donors (Lipinski definition) is 2. The molecule has 9 heteroatoms. The highest BCUT2D eigenvalue weighted by atomic mass is 35.5. The molecule has 0 radical (unpaired) electrons. The van der Waals surface area contributed by atoms with Crippen LogP contribution < -0.4 is 10.9 Å². The molecule has 1 amide bonds. The van der Waals surface area contributed by atoms with Gasteiger partial charge in [0.1, 0.15) is 18.5 Å². The maximum Gasteiger partial charge on any atom is 0.258 e. The molecule has 0 fully saturated rings. The van der Waals surface area contributed by atoms with Crippen molar-refractivity contribution in [3.05, 3.63) is 117 Å². The monoisotopic (exact) mass is 484 g/mol. The minimum absolute atomic E-state index is 0.214. The number of aromatic amines is 1. The summed E-state index contributed by atoms with van der Waals surface area (Å²) in [6, 6.07) is 20.3. The summed E-state index contributed by atoms with van der Waals surface area (Å²) in [4.78, 5) is 33.5. The second-order valence-electron chi connectivity index (χ2n) is 8.18. The van der Waals surface area contributed by atoms with Crippen LogP contribution in [0.3, 0.4) is 0 Å². The third kappa shape index (κ3) is 4.69. The van der Waals surface area contributed by atoms with Crippen LogP contribution in [0.4, 0.5) is 0 Å². The lowest BCUT2D eigenvalue weighted by Gasteiger charge is -2.18. The highest BCUT2D eigenvalue weighted by Crippen LogP contribution is 2.24. The molecule has 2 heterocycles. The third-order valence-electron chi connectivity index (χ3n) is 5.79. The molecule has 35 heavy (non-hydrogen) atoms.